The quantitative estimate of drug-likeness (QED) is 0.291. The largest absolute Gasteiger partial charge is 0.481 e. The Morgan fingerprint density at radius 3 is 2.68 bits per heavy atom. The molecule has 41 heavy (non-hydrogen) atoms. The van der Waals surface area contributed by atoms with E-state index in [9.17, 15) is 13.2 Å². The monoisotopic (exact) mass is 622 g/mol. The van der Waals surface area contributed by atoms with Gasteiger partial charge in [0.15, 0.2) is 17.5 Å². The van der Waals surface area contributed by atoms with Crippen LogP contribution in [0.3, 0.4) is 0 Å². The van der Waals surface area contributed by atoms with Gasteiger partial charge in [-0.2, -0.15) is 5.10 Å². The van der Waals surface area contributed by atoms with E-state index in [2.05, 4.69) is 14.8 Å². The second-order valence-electron chi connectivity index (χ2n) is 10.1. The second kappa shape index (κ2) is 10.8. The summed E-state index contributed by atoms with van der Waals surface area (Å²) in [5.74, 6) is -0.809. The van der Waals surface area contributed by atoms with Crippen LogP contribution in [-0.4, -0.2) is 65.3 Å². The molecular formula is C26H28ClFN6O5S2. The molecule has 218 valence electrons. The molecule has 1 unspecified atom stereocenters. The predicted octanol–water partition coefficient (Wildman–Crippen LogP) is 4.09. The highest BCUT2D eigenvalue weighted by Crippen LogP contribution is 2.39. The van der Waals surface area contributed by atoms with Crippen LogP contribution in [0, 0.1) is 12.7 Å². The number of aromatic nitrogens is 4. The molecule has 4 heterocycles. The maximum absolute atomic E-state index is 15.9. The van der Waals surface area contributed by atoms with Crippen molar-refractivity contribution in [2.75, 3.05) is 31.2 Å². The van der Waals surface area contributed by atoms with Crippen LogP contribution in [0.15, 0.2) is 30.3 Å². The molecule has 0 saturated carbocycles. The van der Waals surface area contributed by atoms with Gasteiger partial charge in [0.2, 0.25) is 15.0 Å². The molecule has 1 aliphatic heterocycles. The van der Waals surface area contributed by atoms with Gasteiger partial charge in [0.05, 0.1) is 23.2 Å². The number of anilines is 1. The number of ether oxygens (including phenoxy) is 2. The minimum atomic E-state index is -3.55. The third-order valence-corrected chi connectivity index (χ3v) is 8.53. The maximum atomic E-state index is 15.9. The number of fused-ring (bicyclic) bond motifs is 3. The number of methoxy groups -OCH3 is 1. The zero-order chi connectivity index (χ0) is 29.7. The van der Waals surface area contributed by atoms with Gasteiger partial charge < -0.3 is 14.4 Å². The lowest BCUT2D eigenvalue weighted by Gasteiger charge is -2.36. The molecule has 0 bridgehead atoms. The third-order valence-electron chi connectivity index (χ3n) is 6.85. The lowest BCUT2D eigenvalue weighted by atomic mass is 9.91. The highest BCUT2D eigenvalue weighted by Gasteiger charge is 2.38. The Morgan fingerprint density at radius 1 is 1.27 bits per heavy atom. The number of sulfonamides is 1. The van der Waals surface area contributed by atoms with E-state index >= 15 is 4.39 Å². The third kappa shape index (κ3) is 5.87. The van der Waals surface area contributed by atoms with E-state index in [0.717, 1.165) is 17.0 Å². The molecule has 1 aliphatic rings. The van der Waals surface area contributed by atoms with Gasteiger partial charge in [-0.3, -0.25) is 9.52 Å². The summed E-state index contributed by atoms with van der Waals surface area (Å²) >= 11 is 7.60. The van der Waals surface area contributed by atoms with Gasteiger partial charge in [0.25, 0.3) is 5.91 Å². The van der Waals surface area contributed by atoms with Crippen molar-refractivity contribution < 1.29 is 27.1 Å². The molecule has 1 atom stereocenters. The van der Waals surface area contributed by atoms with Gasteiger partial charge in [-0.15, -0.1) is 0 Å². The van der Waals surface area contributed by atoms with Crippen molar-refractivity contribution >= 4 is 49.6 Å². The Morgan fingerprint density at radius 2 is 2.02 bits per heavy atom. The van der Waals surface area contributed by atoms with E-state index in [1.54, 1.807) is 28.7 Å². The van der Waals surface area contributed by atoms with E-state index in [4.69, 9.17) is 26.1 Å². The number of halogens is 2. The van der Waals surface area contributed by atoms with Crippen LogP contribution in [0.25, 0.3) is 4.96 Å². The Hall–Kier alpha value is -3.33. The number of rotatable bonds is 8. The summed E-state index contributed by atoms with van der Waals surface area (Å²) in [5.41, 5.74) is 1.60. The van der Waals surface area contributed by atoms with E-state index in [-0.39, 0.29) is 23.3 Å². The molecule has 0 spiro atoms. The molecular weight excluding hydrogens is 595 g/mol. The zero-order valence-corrected chi connectivity index (χ0v) is 25.3. The van der Waals surface area contributed by atoms with Crippen LogP contribution in [0.2, 0.25) is 5.15 Å². The van der Waals surface area contributed by atoms with E-state index < -0.39 is 40.0 Å². The molecule has 0 radical (unpaired) electrons. The number of benzene rings is 1. The lowest BCUT2D eigenvalue weighted by Crippen LogP contribution is -2.43. The zero-order valence-electron chi connectivity index (χ0n) is 22.9. The molecule has 5 rings (SSSR count). The van der Waals surface area contributed by atoms with E-state index in [1.165, 1.54) is 29.5 Å². The van der Waals surface area contributed by atoms with Crippen molar-refractivity contribution in [3.63, 3.8) is 0 Å². The Kier molecular flexibility index (Phi) is 7.70. The molecule has 1 amide bonds. The number of hydrogen-bond acceptors (Lipinski definition) is 9. The molecule has 1 N–H and O–H groups in total. The van der Waals surface area contributed by atoms with Gasteiger partial charge in [-0.05, 0) is 44.5 Å². The summed E-state index contributed by atoms with van der Waals surface area (Å²) in [7, 11) is -1.99. The van der Waals surface area contributed by atoms with Gasteiger partial charge in [-0.25, -0.2) is 27.3 Å². The van der Waals surface area contributed by atoms with Crippen LogP contribution in [0.5, 0.6) is 5.75 Å². The fourth-order valence-electron chi connectivity index (χ4n) is 4.69. The smallest absolute Gasteiger partial charge is 0.261 e. The minimum Gasteiger partial charge on any atom is -0.481 e. The summed E-state index contributed by atoms with van der Waals surface area (Å²) in [4.78, 5) is 24.5. The summed E-state index contributed by atoms with van der Waals surface area (Å²) < 4.78 is 53.9. The summed E-state index contributed by atoms with van der Waals surface area (Å²) in [6, 6.07) is 6.84. The molecule has 1 aromatic carbocycles. The van der Waals surface area contributed by atoms with E-state index in [0.29, 0.717) is 28.2 Å². The Bertz CT molecular complexity index is 1760. The average molecular weight is 623 g/mol. The van der Waals surface area contributed by atoms with Crippen LogP contribution in [0.1, 0.15) is 47.4 Å². The normalized spacial score (nSPS) is 15.7. The van der Waals surface area contributed by atoms with Crippen LogP contribution < -0.4 is 9.46 Å². The first-order valence-corrected chi connectivity index (χ1v) is 15.6. The number of pyridine rings is 1. The number of carbonyl (C=O) groups excluding carboxylic acids is 1. The van der Waals surface area contributed by atoms with Crippen molar-refractivity contribution in [3.8, 4) is 5.75 Å². The van der Waals surface area contributed by atoms with Gasteiger partial charge in [0.1, 0.15) is 22.7 Å². The van der Waals surface area contributed by atoms with Gasteiger partial charge in [0, 0.05) is 25.6 Å². The molecule has 11 nitrogen and oxygen atoms in total. The highest BCUT2D eigenvalue weighted by molar-refractivity contribution is 7.92. The predicted molar refractivity (Wildman–Crippen MR) is 153 cm³/mol. The molecule has 0 fully saturated rings. The first kappa shape index (κ1) is 29.2. The number of nitrogens with one attached hydrogen (secondary N) is 1. The van der Waals surface area contributed by atoms with E-state index in [1.807, 2.05) is 20.8 Å². The maximum Gasteiger partial charge on any atom is 0.261 e. The average Bonchev–Trinajstić information content (AvgIpc) is 3.42. The number of aryl methyl sites for hydroxylation is 1. The number of hydrogen-bond donors (Lipinski definition) is 1. The Labute approximate surface area is 245 Å². The van der Waals surface area contributed by atoms with Crippen molar-refractivity contribution in [2.45, 2.75) is 38.8 Å². The van der Waals surface area contributed by atoms with Crippen LogP contribution in [0.4, 0.5) is 10.2 Å². The fraction of sp³-hybridized carbons (Fsp3) is 0.385. The van der Waals surface area contributed by atoms with Crippen molar-refractivity contribution in [2.24, 2.45) is 0 Å². The van der Waals surface area contributed by atoms with Crippen molar-refractivity contribution in [1.82, 2.24) is 24.5 Å². The minimum absolute atomic E-state index is 0.0127. The second-order valence-corrected chi connectivity index (χ2v) is 13.4. The standard InChI is InChI=1S/C26H28ClFN6O5S2/c1-14-31-34-23-18(29-25(34)40-14)10-11-33(22(23)16-7-6-15(12-17(16)28)26(2,3)38-4)21(35)13-39-19-8-9-20(30-24(19)27)32-41(5,36)37/h6-9,12,22H,10-11,13H2,1-5H3,(H,30,32). The summed E-state index contributed by atoms with van der Waals surface area (Å²) in [6.07, 6.45) is 1.44. The number of carbonyl (C=O) groups is 1. The Balaban J connectivity index is 1.48. The van der Waals surface area contributed by atoms with Gasteiger partial charge in [-0.1, -0.05) is 35.1 Å². The summed E-state index contributed by atoms with van der Waals surface area (Å²) in [5, 5.41) is 5.24. The first-order valence-electron chi connectivity index (χ1n) is 12.5. The SMILES string of the molecule is COC(C)(C)c1ccc(C2c3c(nc4sc(C)nn34)CCN2C(=O)COc2ccc(NS(C)(=O)=O)nc2Cl)c(F)c1. The van der Waals surface area contributed by atoms with Crippen LogP contribution in [-0.2, 0) is 31.6 Å². The van der Waals surface area contributed by atoms with Crippen molar-refractivity contribution in [3.05, 3.63) is 68.8 Å². The molecule has 15 heteroatoms. The molecule has 3 aromatic heterocycles. The summed E-state index contributed by atoms with van der Waals surface area (Å²) in [6.45, 7) is 5.40. The highest BCUT2D eigenvalue weighted by atomic mass is 35.5. The number of amides is 1. The topological polar surface area (TPSA) is 128 Å². The molecule has 0 saturated heterocycles. The first-order chi connectivity index (χ1) is 19.3. The number of nitrogens with zero attached hydrogens (tertiary/aromatic N) is 5. The van der Waals surface area contributed by atoms with Gasteiger partial charge >= 0.3 is 0 Å². The van der Waals surface area contributed by atoms with Crippen molar-refractivity contribution in [1.29, 1.82) is 0 Å². The fourth-order valence-corrected chi connectivity index (χ4v) is 6.16. The number of imidazole rings is 1. The van der Waals surface area contributed by atoms with Crippen LogP contribution >= 0.6 is 22.9 Å². The molecule has 0 aliphatic carbocycles. The lowest BCUT2D eigenvalue weighted by molar-refractivity contribution is -0.135. The molecule has 4 aromatic rings.